The van der Waals surface area contributed by atoms with Gasteiger partial charge in [-0.15, -0.1) is 5.10 Å². The lowest BCUT2D eigenvalue weighted by Gasteiger charge is -2.20. The molecule has 3 aliphatic rings. The number of amides is 2. The van der Waals surface area contributed by atoms with Crippen LogP contribution in [0.5, 0.6) is 0 Å². The maximum absolute atomic E-state index is 13.2. The van der Waals surface area contributed by atoms with Gasteiger partial charge in [-0.25, -0.2) is 4.52 Å². The molecule has 4 aromatic rings. The van der Waals surface area contributed by atoms with Crippen LogP contribution in [-0.2, 0) is 17.8 Å². The highest BCUT2D eigenvalue weighted by Crippen LogP contribution is 2.37. The largest absolute Gasteiger partial charge is 0.324 e. The summed E-state index contributed by atoms with van der Waals surface area (Å²) in [5.74, 6) is -0.447. The van der Waals surface area contributed by atoms with E-state index >= 15 is 0 Å². The van der Waals surface area contributed by atoms with E-state index in [2.05, 4.69) is 35.9 Å². The Balaban J connectivity index is 1.07. The lowest BCUT2D eigenvalue weighted by molar-refractivity contribution is -0.117. The molecule has 0 saturated carbocycles. The molecule has 38 heavy (non-hydrogen) atoms. The Morgan fingerprint density at radius 2 is 1.89 bits per heavy atom. The van der Waals surface area contributed by atoms with Gasteiger partial charge in [0.1, 0.15) is 0 Å². The zero-order chi connectivity index (χ0) is 25.8. The molecule has 2 saturated heterocycles. The van der Waals surface area contributed by atoms with E-state index in [0.717, 1.165) is 30.5 Å². The van der Waals surface area contributed by atoms with E-state index in [9.17, 15) is 9.59 Å². The van der Waals surface area contributed by atoms with E-state index in [1.54, 1.807) is 16.8 Å². The molecular formula is C27H29N9O2. The molecule has 4 aromatic heterocycles. The van der Waals surface area contributed by atoms with Crippen LogP contribution in [0.4, 0.5) is 11.4 Å². The van der Waals surface area contributed by atoms with Crippen LogP contribution in [0.2, 0.25) is 0 Å². The van der Waals surface area contributed by atoms with Gasteiger partial charge < -0.3 is 10.6 Å². The van der Waals surface area contributed by atoms with Gasteiger partial charge in [-0.3, -0.25) is 24.2 Å². The summed E-state index contributed by atoms with van der Waals surface area (Å²) in [7, 11) is 0. The number of fused-ring (bicyclic) bond motifs is 4. The number of aromatic nitrogens is 6. The van der Waals surface area contributed by atoms with Crippen molar-refractivity contribution in [2.45, 2.75) is 64.1 Å². The van der Waals surface area contributed by atoms with Gasteiger partial charge in [0, 0.05) is 41.6 Å². The van der Waals surface area contributed by atoms with Crippen molar-refractivity contribution < 1.29 is 9.59 Å². The summed E-state index contributed by atoms with van der Waals surface area (Å²) < 4.78 is 3.67. The van der Waals surface area contributed by atoms with Crippen molar-refractivity contribution in [3.63, 3.8) is 0 Å². The second-order valence-electron chi connectivity index (χ2n) is 10.5. The summed E-state index contributed by atoms with van der Waals surface area (Å²) >= 11 is 0. The minimum absolute atomic E-state index is 0.0594. The Morgan fingerprint density at radius 3 is 2.71 bits per heavy atom. The molecule has 0 spiro atoms. The summed E-state index contributed by atoms with van der Waals surface area (Å²) in [4.78, 5) is 32.6. The molecule has 2 bridgehead atoms. The van der Waals surface area contributed by atoms with E-state index in [-0.39, 0.29) is 17.5 Å². The van der Waals surface area contributed by atoms with Crippen LogP contribution >= 0.6 is 0 Å². The zero-order valence-corrected chi connectivity index (χ0v) is 21.2. The van der Waals surface area contributed by atoms with Gasteiger partial charge in [-0.2, -0.15) is 5.10 Å². The molecule has 0 unspecified atom stereocenters. The zero-order valence-electron chi connectivity index (χ0n) is 21.2. The van der Waals surface area contributed by atoms with Gasteiger partial charge in [-0.1, -0.05) is 11.3 Å². The van der Waals surface area contributed by atoms with Crippen molar-refractivity contribution in [1.29, 1.82) is 0 Å². The smallest absolute Gasteiger partial charge is 0.278 e. The number of aryl methyl sites for hydroxylation is 2. The maximum atomic E-state index is 13.2. The van der Waals surface area contributed by atoms with Gasteiger partial charge in [0.05, 0.1) is 41.5 Å². The number of hydrogen-bond acceptors (Lipinski definition) is 7. The Hall–Kier alpha value is -4.12. The third kappa shape index (κ3) is 3.94. The van der Waals surface area contributed by atoms with Crippen molar-refractivity contribution in [2.24, 2.45) is 0 Å². The first-order chi connectivity index (χ1) is 18.5. The summed E-state index contributed by atoms with van der Waals surface area (Å²) in [5, 5.41) is 18.7. The van der Waals surface area contributed by atoms with Crippen molar-refractivity contribution in [1.82, 2.24) is 34.5 Å². The molecule has 7 heterocycles. The van der Waals surface area contributed by atoms with Gasteiger partial charge in [-0.05, 0) is 57.6 Å². The van der Waals surface area contributed by atoms with Gasteiger partial charge >= 0.3 is 0 Å². The number of hydrogen-bond donors (Lipinski definition) is 2. The minimum atomic E-state index is -0.388. The number of pyridine rings is 2. The van der Waals surface area contributed by atoms with E-state index in [4.69, 9.17) is 0 Å². The lowest BCUT2D eigenvalue weighted by atomic mass is 10.0. The third-order valence-electron chi connectivity index (χ3n) is 8.22. The highest BCUT2D eigenvalue weighted by atomic mass is 16.2. The number of anilines is 2. The van der Waals surface area contributed by atoms with Gasteiger partial charge in [0.2, 0.25) is 5.91 Å². The van der Waals surface area contributed by atoms with Crippen molar-refractivity contribution in [2.75, 3.05) is 17.2 Å². The van der Waals surface area contributed by atoms with E-state index in [1.807, 2.05) is 36.1 Å². The third-order valence-corrected chi connectivity index (χ3v) is 8.22. The molecule has 11 nitrogen and oxygen atoms in total. The Morgan fingerprint density at radius 1 is 1.08 bits per heavy atom. The van der Waals surface area contributed by atoms with E-state index in [1.165, 1.54) is 31.4 Å². The number of carbonyl (C=O) groups excluding carboxylic acids is 2. The molecule has 0 aliphatic carbocycles. The fraction of sp³-hybridized carbons (Fsp3) is 0.407. The van der Waals surface area contributed by atoms with E-state index < -0.39 is 0 Å². The molecule has 2 amide bonds. The lowest BCUT2D eigenvalue weighted by Crippen LogP contribution is -2.36. The second kappa shape index (κ2) is 9.02. The predicted octanol–water partition coefficient (Wildman–Crippen LogP) is 3.06. The Bertz CT molecular complexity index is 1550. The average molecular weight is 512 g/mol. The van der Waals surface area contributed by atoms with Gasteiger partial charge in [0.25, 0.3) is 5.91 Å². The minimum Gasteiger partial charge on any atom is -0.324 e. The van der Waals surface area contributed by atoms with Crippen LogP contribution in [-0.4, -0.2) is 64.9 Å². The molecule has 3 aliphatic heterocycles. The Kier molecular flexibility index (Phi) is 5.46. The van der Waals surface area contributed by atoms with Crippen LogP contribution in [0.3, 0.4) is 0 Å². The fourth-order valence-electron chi connectivity index (χ4n) is 6.27. The molecule has 2 N–H and O–H groups in total. The monoisotopic (exact) mass is 511 g/mol. The van der Waals surface area contributed by atoms with Gasteiger partial charge in [0.15, 0.2) is 5.69 Å². The summed E-state index contributed by atoms with van der Waals surface area (Å²) in [6.45, 7) is 3.15. The average Bonchev–Trinajstić information content (AvgIpc) is 3.73. The maximum Gasteiger partial charge on any atom is 0.278 e. The van der Waals surface area contributed by atoms with Crippen LogP contribution in [0, 0.1) is 6.92 Å². The molecule has 2 fully saturated rings. The fourth-order valence-corrected chi connectivity index (χ4v) is 6.27. The van der Waals surface area contributed by atoms with E-state index in [0.29, 0.717) is 41.2 Å². The number of nitrogens with one attached hydrogen (secondary N) is 2. The summed E-state index contributed by atoms with van der Waals surface area (Å²) in [5.41, 5.74) is 5.83. The highest BCUT2D eigenvalue weighted by Gasteiger charge is 2.39. The van der Waals surface area contributed by atoms with Crippen LogP contribution in [0.1, 0.15) is 54.0 Å². The SMILES string of the molecule is Cc1ncc(NC(=O)CN2C3CCC2CC3)cc1NC(=O)c1nnn2cc(-c3cnn4c3CCC4)ccc12. The number of rotatable bonds is 6. The Labute approximate surface area is 219 Å². The van der Waals surface area contributed by atoms with Crippen molar-refractivity contribution in [3.05, 3.63) is 53.9 Å². The summed E-state index contributed by atoms with van der Waals surface area (Å²) in [6, 6.07) is 6.64. The molecule has 0 radical (unpaired) electrons. The van der Waals surface area contributed by atoms with Crippen molar-refractivity contribution in [3.8, 4) is 11.1 Å². The topological polar surface area (TPSA) is 122 Å². The first-order valence-corrected chi connectivity index (χ1v) is 13.3. The molecule has 0 atom stereocenters. The quantitative estimate of drug-likeness (QED) is 0.408. The molecular weight excluding hydrogens is 482 g/mol. The standard InChI is InChI=1S/C27H29N9O2/c1-16-22(11-18(12-28-16)30-25(37)15-34-19-5-6-20(34)8-7-19)31-27(38)26-24-9-4-17(14-36(24)33-32-26)21-13-29-35-10-2-3-23(21)35/h4,9,11-14,19-20H,2-3,5-8,10,15H2,1H3,(H,30,37)(H,31,38). The summed E-state index contributed by atoms with van der Waals surface area (Å²) in [6.07, 6.45) is 12.2. The molecule has 0 aromatic carbocycles. The molecule has 11 heteroatoms. The predicted molar refractivity (Wildman–Crippen MR) is 141 cm³/mol. The van der Waals surface area contributed by atoms with Crippen LogP contribution < -0.4 is 10.6 Å². The first-order valence-electron chi connectivity index (χ1n) is 13.3. The molecule has 194 valence electrons. The first kappa shape index (κ1) is 23.0. The highest BCUT2D eigenvalue weighted by molar-refractivity contribution is 6.08. The second-order valence-corrected chi connectivity index (χ2v) is 10.5. The number of nitrogens with zero attached hydrogens (tertiary/aromatic N) is 7. The van der Waals surface area contributed by atoms with Crippen LogP contribution in [0.25, 0.3) is 16.6 Å². The molecule has 7 rings (SSSR count). The van der Waals surface area contributed by atoms with Crippen molar-refractivity contribution >= 4 is 28.7 Å². The number of carbonyl (C=O) groups is 2. The van der Waals surface area contributed by atoms with Crippen LogP contribution in [0.15, 0.2) is 36.8 Å². The normalized spacial score (nSPS) is 20.2.